The van der Waals surface area contributed by atoms with Gasteiger partial charge in [0.2, 0.25) is 0 Å². The monoisotopic (exact) mass is 404 g/mol. The van der Waals surface area contributed by atoms with Crippen molar-refractivity contribution in [3.63, 3.8) is 0 Å². The second-order valence-corrected chi connectivity index (χ2v) is 6.35. The lowest BCUT2D eigenvalue weighted by Crippen LogP contribution is -2.12. The van der Waals surface area contributed by atoms with Crippen LogP contribution in [0.2, 0.25) is 0 Å². The number of anilines is 4. The predicted octanol–water partition coefficient (Wildman–Crippen LogP) is 2.54. The zero-order valence-electron chi connectivity index (χ0n) is 15.7. The van der Waals surface area contributed by atoms with Gasteiger partial charge in [0.1, 0.15) is 11.7 Å². The van der Waals surface area contributed by atoms with E-state index in [-0.39, 0.29) is 24.1 Å². The second-order valence-electron chi connectivity index (χ2n) is 6.35. The van der Waals surface area contributed by atoms with Crippen molar-refractivity contribution in [2.24, 2.45) is 11.5 Å². The maximum Gasteiger partial charge on any atom is 0.122 e. The van der Waals surface area contributed by atoms with Crippen LogP contribution < -0.4 is 33.6 Å². The third kappa shape index (κ3) is 6.55. The van der Waals surface area contributed by atoms with Crippen molar-refractivity contribution in [3.05, 3.63) is 47.5 Å². The summed E-state index contributed by atoms with van der Waals surface area (Å²) in [6.45, 7) is 1.64. The van der Waals surface area contributed by atoms with Crippen LogP contribution in [0.4, 0.5) is 22.7 Å². The lowest BCUT2D eigenvalue weighted by atomic mass is 10.1. The number of halogens is 1. The van der Waals surface area contributed by atoms with E-state index in [1.165, 1.54) is 0 Å². The van der Waals surface area contributed by atoms with Crippen LogP contribution in [-0.4, -0.2) is 24.8 Å². The van der Waals surface area contributed by atoms with Crippen LogP contribution in [0.15, 0.2) is 36.4 Å². The molecule has 8 nitrogen and oxygen atoms in total. The number of amidine groups is 2. The highest BCUT2D eigenvalue weighted by atomic mass is 35.5. The normalized spacial score (nSPS) is 10.0. The zero-order valence-corrected chi connectivity index (χ0v) is 16.5. The molecule has 0 aliphatic rings. The molecule has 0 radical (unpaired) electrons. The van der Waals surface area contributed by atoms with Gasteiger partial charge in [-0.25, -0.2) is 0 Å². The minimum absolute atomic E-state index is 0. The molecule has 0 heterocycles. The molecule has 0 amide bonds. The standard InChI is InChI=1S/C19H28N8.ClH/c20-14-10-12(18(22)23)4-6-16(14)26-8-2-1-3-9-27-17-7-5-13(19(24)25)11-15(17)21;/h4-7,10-11,26-27H,1-3,8-9,20-21H2,(H3,22,23)(H3,24,25);1H. The molecule has 0 unspecified atom stereocenters. The van der Waals surface area contributed by atoms with Crippen LogP contribution in [-0.2, 0) is 0 Å². The van der Waals surface area contributed by atoms with Crippen LogP contribution >= 0.6 is 12.4 Å². The second kappa shape index (κ2) is 10.9. The number of hydrogen-bond acceptors (Lipinski definition) is 6. The summed E-state index contributed by atoms with van der Waals surface area (Å²) in [4.78, 5) is 0. The minimum Gasteiger partial charge on any atom is -0.397 e. The summed E-state index contributed by atoms with van der Waals surface area (Å²) >= 11 is 0. The zero-order chi connectivity index (χ0) is 19.8. The lowest BCUT2D eigenvalue weighted by molar-refractivity contribution is 0.721. The quantitative estimate of drug-likeness (QED) is 0.130. The third-order valence-corrected chi connectivity index (χ3v) is 4.21. The maximum absolute atomic E-state index is 7.41. The molecule has 28 heavy (non-hydrogen) atoms. The number of rotatable bonds is 10. The van der Waals surface area contributed by atoms with E-state index in [0.717, 1.165) is 43.7 Å². The highest BCUT2D eigenvalue weighted by Gasteiger charge is 2.04. The van der Waals surface area contributed by atoms with Crippen LogP contribution in [0.3, 0.4) is 0 Å². The summed E-state index contributed by atoms with van der Waals surface area (Å²) in [5.41, 5.74) is 27.0. The van der Waals surface area contributed by atoms with Crippen LogP contribution in [0.25, 0.3) is 0 Å². The molecule has 0 aliphatic heterocycles. The Kier molecular flexibility index (Phi) is 8.90. The molecule has 0 atom stereocenters. The SMILES string of the molecule is Cl.N=C(N)c1ccc(NCCCCCNc2ccc(C(=N)N)cc2N)c(N)c1. The molecule has 0 spiro atoms. The Morgan fingerprint density at radius 1 is 0.714 bits per heavy atom. The summed E-state index contributed by atoms with van der Waals surface area (Å²) in [5, 5.41) is 21.4. The smallest absolute Gasteiger partial charge is 0.122 e. The first-order valence-corrected chi connectivity index (χ1v) is 8.84. The van der Waals surface area contributed by atoms with E-state index in [4.69, 9.17) is 33.8 Å². The van der Waals surface area contributed by atoms with Crippen molar-refractivity contribution in [1.82, 2.24) is 0 Å². The summed E-state index contributed by atoms with van der Waals surface area (Å²) in [6.07, 6.45) is 3.07. The molecule has 2 aromatic carbocycles. The van der Waals surface area contributed by atoms with E-state index in [1.807, 2.05) is 12.1 Å². The summed E-state index contributed by atoms with van der Waals surface area (Å²) in [5.74, 6) is 0.0228. The molecular formula is C19H29ClN8. The first-order chi connectivity index (χ1) is 12.9. The first-order valence-electron chi connectivity index (χ1n) is 8.84. The lowest BCUT2D eigenvalue weighted by Gasteiger charge is -2.12. The van der Waals surface area contributed by atoms with E-state index in [2.05, 4.69) is 10.6 Å². The largest absolute Gasteiger partial charge is 0.397 e. The van der Waals surface area contributed by atoms with Gasteiger partial charge in [0, 0.05) is 24.2 Å². The van der Waals surface area contributed by atoms with Gasteiger partial charge in [-0.15, -0.1) is 12.4 Å². The van der Waals surface area contributed by atoms with Gasteiger partial charge in [0.15, 0.2) is 0 Å². The van der Waals surface area contributed by atoms with Gasteiger partial charge in [0.25, 0.3) is 0 Å². The molecule has 2 rings (SSSR count). The van der Waals surface area contributed by atoms with E-state index in [0.29, 0.717) is 22.5 Å². The topological polar surface area (TPSA) is 176 Å². The maximum atomic E-state index is 7.41. The molecule has 0 saturated carbocycles. The van der Waals surface area contributed by atoms with Crippen LogP contribution in [0.1, 0.15) is 30.4 Å². The number of benzene rings is 2. The van der Waals surface area contributed by atoms with E-state index in [1.54, 1.807) is 24.3 Å². The van der Waals surface area contributed by atoms with Gasteiger partial charge in [-0.3, -0.25) is 10.8 Å². The van der Waals surface area contributed by atoms with Gasteiger partial charge in [-0.1, -0.05) is 0 Å². The highest BCUT2D eigenvalue weighted by molar-refractivity contribution is 5.97. The predicted molar refractivity (Wildman–Crippen MR) is 122 cm³/mol. The van der Waals surface area contributed by atoms with Crippen molar-refractivity contribution in [3.8, 4) is 0 Å². The average molecular weight is 405 g/mol. The van der Waals surface area contributed by atoms with Crippen LogP contribution in [0, 0.1) is 10.8 Å². The average Bonchev–Trinajstić information content (AvgIpc) is 2.62. The molecular weight excluding hydrogens is 376 g/mol. The van der Waals surface area contributed by atoms with Gasteiger partial charge in [0.05, 0.1) is 22.7 Å². The molecule has 0 aliphatic carbocycles. The van der Waals surface area contributed by atoms with E-state index in [9.17, 15) is 0 Å². The summed E-state index contributed by atoms with van der Waals surface area (Å²) < 4.78 is 0. The number of nitrogens with two attached hydrogens (primary N) is 4. The van der Waals surface area contributed by atoms with Gasteiger partial charge >= 0.3 is 0 Å². The van der Waals surface area contributed by atoms with E-state index >= 15 is 0 Å². The van der Waals surface area contributed by atoms with Crippen LogP contribution in [0.5, 0.6) is 0 Å². The minimum atomic E-state index is 0. The fourth-order valence-electron chi connectivity index (χ4n) is 2.66. The Morgan fingerprint density at radius 3 is 1.43 bits per heavy atom. The molecule has 2 aromatic rings. The number of unbranched alkanes of at least 4 members (excludes halogenated alkanes) is 2. The third-order valence-electron chi connectivity index (χ3n) is 4.21. The van der Waals surface area contributed by atoms with Gasteiger partial charge in [-0.2, -0.15) is 0 Å². The Hall–Kier alpha value is -3.13. The Labute approximate surface area is 171 Å². The van der Waals surface area contributed by atoms with E-state index < -0.39 is 0 Å². The van der Waals surface area contributed by atoms with Crippen molar-refractivity contribution in [2.75, 3.05) is 35.2 Å². The molecule has 0 saturated heterocycles. The molecule has 0 bridgehead atoms. The fourth-order valence-corrected chi connectivity index (χ4v) is 2.66. The Bertz CT molecular complexity index is 754. The number of nitrogens with one attached hydrogen (secondary N) is 4. The molecule has 0 aromatic heterocycles. The Balaban J connectivity index is 0.00000392. The molecule has 152 valence electrons. The number of nitrogen functional groups attached to an aromatic ring is 4. The van der Waals surface area contributed by atoms with Crippen molar-refractivity contribution in [2.45, 2.75) is 19.3 Å². The molecule has 9 heteroatoms. The fraction of sp³-hybridized carbons (Fsp3) is 0.263. The van der Waals surface area contributed by atoms with Gasteiger partial charge in [-0.05, 0) is 55.7 Å². The first kappa shape index (κ1) is 22.9. The van der Waals surface area contributed by atoms with Crippen molar-refractivity contribution >= 4 is 46.8 Å². The van der Waals surface area contributed by atoms with Gasteiger partial charge < -0.3 is 33.6 Å². The summed E-state index contributed by atoms with van der Waals surface area (Å²) in [6, 6.07) is 10.7. The molecule has 0 fully saturated rings. The van der Waals surface area contributed by atoms with Crippen molar-refractivity contribution in [1.29, 1.82) is 10.8 Å². The molecule has 12 N–H and O–H groups in total. The number of hydrogen-bond donors (Lipinski definition) is 8. The highest BCUT2D eigenvalue weighted by Crippen LogP contribution is 2.21. The Morgan fingerprint density at radius 2 is 1.11 bits per heavy atom. The summed E-state index contributed by atoms with van der Waals surface area (Å²) in [7, 11) is 0. The van der Waals surface area contributed by atoms with Crippen molar-refractivity contribution < 1.29 is 0 Å².